The number of nitrogens with zero attached hydrogens (tertiary/aromatic N) is 2. The molecule has 0 saturated heterocycles. The molecule has 1 heterocycles. The van der Waals surface area contributed by atoms with Gasteiger partial charge in [0, 0.05) is 6.04 Å². The molecule has 0 unspecified atom stereocenters. The summed E-state index contributed by atoms with van der Waals surface area (Å²) in [4.78, 5) is 7.35. The summed E-state index contributed by atoms with van der Waals surface area (Å²) in [5.41, 5.74) is 0. The van der Waals surface area contributed by atoms with Crippen LogP contribution in [0.1, 0.15) is 19.8 Å². The largest absolute Gasteiger partial charge is 0.243 e. The third-order valence-corrected chi connectivity index (χ3v) is 4.27. The second-order valence-electron chi connectivity index (χ2n) is 4.08. The van der Waals surface area contributed by atoms with Gasteiger partial charge in [0.15, 0.2) is 0 Å². The van der Waals surface area contributed by atoms with Crippen LogP contribution in [0.25, 0.3) is 0 Å². The lowest BCUT2D eigenvalue weighted by Gasteiger charge is -2.32. The smallest absolute Gasteiger partial charge is 0.225 e. The van der Waals surface area contributed by atoms with Crippen LogP contribution in [0.4, 0.5) is 0 Å². The Bertz CT molecular complexity index is 468. The SMILES string of the molecule is CC1CC(NS(=O)(=O)c2cnc(Cl)nc2)C1. The van der Waals surface area contributed by atoms with Gasteiger partial charge in [-0.3, -0.25) is 0 Å². The number of rotatable bonds is 3. The van der Waals surface area contributed by atoms with Crippen LogP contribution in [0.2, 0.25) is 5.28 Å². The highest BCUT2D eigenvalue weighted by molar-refractivity contribution is 7.89. The summed E-state index contributed by atoms with van der Waals surface area (Å²) < 4.78 is 26.2. The summed E-state index contributed by atoms with van der Waals surface area (Å²) in [7, 11) is -3.49. The van der Waals surface area contributed by atoms with Crippen molar-refractivity contribution in [1.29, 1.82) is 0 Å². The van der Waals surface area contributed by atoms with Gasteiger partial charge in [-0.1, -0.05) is 6.92 Å². The predicted octanol–water partition coefficient (Wildman–Crippen LogP) is 1.21. The number of hydrogen-bond donors (Lipinski definition) is 1. The topological polar surface area (TPSA) is 72.0 Å². The van der Waals surface area contributed by atoms with Crippen molar-refractivity contribution in [3.05, 3.63) is 17.7 Å². The Kier molecular flexibility index (Phi) is 3.14. The number of aromatic nitrogens is 2. The molecule has 1 aromatic heterocycles. The van der Waals surface area contributed by atoms with Crippen molar-refractivity contribution in [2.75, 3.05) is 0 Å². The molecule has 88 valence electrons. The molecular formula is C9H12ClN3O2S. The van der Waals surface area contributed by atoms with Gasteiger partial charge in [0.2, 0.25) is 15.3 Å². The molecule has 1 saturated carbocycles. The van der Waals surface area contributed by atoms with Crippen molar-refractivity contribution in [2.45, 2.75) is 30.7 Å². The fourth-order valence-corrected chi connectivity index (χ4v) is 2.97. The van der Waals surface area contributed by atoms with Crippen molar-refractivity contribution in [2.24, 2.45) is 5.92 Å². The van der Waals surface area contributed by atoms with Crippen molar-refractivity contribution in [3.8, 4) is 0 Å². The quantitative estimate of drug-likeness (QED) is 0.830. The Balaban J connectivity index is 2.10. The van der Waals surface area contributed by atoms with Crippen molar-refractivity contribution < 1.29 is 8.42 Å². The summed E-state index contributed by atoms with van der Waals surface area (Å²) in [6.45, 7) is 2.09. The first kappa shape index (κ1) is 11.8. The van der Waals surface area contributed by atoms with E-state index in [-0.39, 0.29) is 16.2 Å². The highest BCUT2D eigenvalue weighted by Gasteiger charge is 2.30. The summed E-state index contributed by atoms with van der Waals surface area (Å²) in [5, 5.41) is 0.0382. The minimum absolute atomic E-state index is 0.0377. The fraction of sp³-hybridized carbons (Fsp3) is 0.556. The van der Waals surface area contributed by atoms with Gasteiger partial charge in [-0.2, -0.15) is 0 Å². The van der Waals surface area contributed by atoms with Crippen LogP contribution in [0, 0.1) is 5.92 Å². The molecule has 0 aliphatic heterocycles. The fourth-order valence-electron chi connectivity index (χ4n) is 1.73. The van der Waals surface area contributed by atoms with Gasteiger partial charge in [-0.05, 0) is 30.4 Å². The highest BCUT2D eigenvalue weighted by atomic mass is 35.5. The van der Waals surface area contributed by atoms with E-state index in [1.165, 1.54) is 12.4 Å². The van der Waals surface area contributed by atoms with Gasteiger partial charge in [0.05, 0.1) is 12.4 Å². The van der Waals surface area contributed by atoms with E-state index in [1.54, 1.807) is 0 Å². The molecule has 1 fully saturated rings. The number of nitrogens with one attached hydrogen (secondary N) is 1. The zero-order valence-corrected chi connectivity index (χ0v) is 10.3. The van der Waals surface area contributed by atoms with E-state index in [4.69, 9.17) is 11.6 Å². The Morgan fingerprint density at radius 2 is 1.94 bits per heavy atom. The van der Waals surface area contributed by atoms with Gasteiger partial charge in [-0.15, -0.1) is 0 Å². The molecule has 1 aliphatic rings. The lowest BCUT2D eigenvalue weighted by molar-refractivity contribution is 0.270. The number of sulfonamides is 1. The first-order chi connectivity index (χ1) is 7.47. The molecule has 0 amide bonds. The highest BCUT2D eigenvalue weighted by Crippen LogP contribution is 2.27. The molecule has 0 radical (unpaired) electrons. The molecule has 2 rings (SSSR count). The van der Waals surface area contributed by atoms with Crippen molar-refractivity contribution >= 4 is 21.6 Å². The minimum Gasteiger partial charge on any atom is -0.225 e. The number of hydrogen-bond acceptors (Lipinski definition) is 4. The second-order valence-corrected chi connectivity index (χ2v) is 6.13. The van der Waals surface area contributed by atoms with Crippen LogP contribution in [-0.4, -0.2) is 24.4 Å². The van der Waals surface area contributed by atoms with Gasteiger partial charge in [0.1, 0.15) is 4.90 Å². The molecule has 16 heavy (non-hydrogen) atoms. The predicted molar refractivity (Wildman–Crippen MR) is 59.5 cm³/mol. The lowest BCUT2D eigenvalue weighted by Crippen LogP contribution is -2.43. The van der Waals surface area contributed by atoms with E-state index in [1.807, 2.05) is 0 Å². The molecule has 7 heteroatoms. The maximum atomic E-state index is 11.8. The Labute approximate surface area is 99.3 Å². The van der Waals surface area contributed by atoms with Crippen LogP contribution in [0.3, 0.4) is 0 Å². The van der Waals surface area contributed by atoms with Crippen LogP contribution < -0.4 is 4.72 Å². The Morgan fingerprint density at radius 1 is 1.38 bits per heavy atom. The first-order valence-corrected chi connectivity index (χ1v) is 6.83. The van der Waals surface area contributed by atoms with Crippen LogP contribution in [0.15, 0.2) is 17.3 Å². The molecule has 5 nitrogen and oxygen atoms in total. The normalized spacial score (nSPS) is 25.1. The summed E-state index contributed by atoms with van der Waals surface area (Å²) in [6.07, 6.45) is 4.18. The van der Waals surface area contributed by atoms with Gasteiger partial charge in [0.25, 0.3) is 0 Å². The van der Waals surface area contributed by atoms with E-state index in [0.717, 1.165) is 12.8 Å². The van der Waals surface area contributed by atoms with E-state index >= 15 is 0 Å². The van der Waals surface area contributed by atoms with E-state index in [9.17, 15) is 8.42 Å². The second kappa shape index (κ2) is 4.27. The molecular weight excluding hydrogens is 250 g/mol. The summed E-state index contributed by atoms with van der Waals surface area (Å²) in [6, 6.07) is 0.0377. The van der Waals surface area contributed by atoms with Crippen molar-refractivity contribution in [1.82, 2.24) is 14.7 Å². The van der Waals surface area contributed by atoms with Crippen LogP contribution in [0.5, 0.6) is 0 Å². The standard InChI is InChI=1S/C9H12ClN3O2S/c1-6-2-7(3-6)13-16(14,15)8-4-11-9(10)12-5-8/h4-7,13H,2-3H2,1H3. The molecule has 0 aromatic carbocycles. The van der Waals surface area contributed by atoms with Crippen LogP contribution >= 0.6 is 11.6 Å². The number of halogens is 1. The zero-order chi connectivity index (χ0) is 11.8. The summed E-state index contributed by atoms with van der Waals surface area (Å²) in [5.74, 6) is 0.592. The minimum atomic E-state index is -3.49. The Morgan fingerprint density at radius 3 is 2.44 bits per heavy atom. The monoisotopic (exact) mass is 261 g/mol. The van der Waals surface area contributed by atoms with Crippen molar-refractivity contribution in [3.63, 3.8) is 0 Å². The van der Waals surface area contributed by atoms with E-state index in [2.05, 4.69) is 21.6 Å². The van der Waals surface area contributed by atoms with E-state index in [0.29, 0.717) is 5.92 Å². The third kappa shape index (κ3) is 2.50. The van der Waals surface area contributed by atoms with Gasteiger partial charge >= 0.3 is 0 Å². The molecule has 0 atom stereocenters. The summed E-state index contributed by atoms with van der Waals surface area (Å²) >= 11 is 5.49. The average molecular weight is 262 g/mol. The molecule has 0 spiro atoms. The van der Waals surface area contributed by atoms with E-state index < -0.39 is 10.0 Å². The Hall–Kier alpha value is -0.720. The lowest BCUT2D eigenvalue weighted by atomic mass is 9.83. The molecule has 1 N–H and O–H groups in total. The molecule has 0 bridgehead atoms. The zero-order valence-electron chi connectivity index (χ0n) is 8.72. The average Bonchev–Trinajstić information content (AvgIpc) is 2.15. The molecule has 1 aliphatic carbocycles. The molecule has 1 aromatic rings. The van der Waals surface area contributed by atoms with Gasteiger partial charge in [-0.25, -0.2) is 23.1 Å². The maximum absolute atomic E-state index is 11.8. The van der Waals surface area contributed by atoms with Gasteiger partial charge < -0.3 is 0 Å². The maximum Gasteiger partial charge on any atom is 0.243 e. The third-order valence-electron chi connectivity index (χ3n) is 2.60. The first-order valence-electron chi connectivity index (χ1n) is 4.97. The van der Waals surface area contributed by atoms with Crippen LogP contribution in [-0.2, 0) is 10.0 Å².